The Labute approximate surface area is 340 Å². The summed E-state index contributed by atoms with van der Waals surface area (Å²) in [6.07, 6.45) is 0. The molecule has 0 aliphatic carbocycles. The number of rotatable bonds is 5. The molecular weight excluding hydrogens is 717 g/mol. The van der Waals surface area contributed by atoms with Crippen LogP contribution in [0.25, 0.3) is 116 Å². The average Bonchev–Trinajstić information content (AvgIpc) is 3.60. The number of nitrogens with zero attached hydrogens (tertiary/aromatic N) is 4. The molecule has 0 N–H and O–H groups in total. The summed E-state index contributed by atoms with van der Waals surface area (Å²) in [7, 11) is 0. The summed E-state index contributed by atoms with van der Waals surface area (Å²) in [5, 5.41) is 11.8. The Hall–Kier alpha value is -7.95. The Morgan fingerprint density at radius 2 is 0.712 bits per heavy atom. The Morgan fingerprint density at radius 1 is 0.271 bits per heavy atom. The smallest absolute Gasteiger partial charge is 0.164 e. The van der Waals surface area contributed by atoms with Crippen LogP contribution in [0.5, 0.6) is 0 Å². The van der Waals surface area contributed by atoms with Gasteiger partial charge in [0, 0.05) is 38.4 Å². The zero-order valence-corrected chi connectivity index (χ0v) is 31.9. The first-order valence-corrected chi connectivity index (χ1v) is 20.0. The van der Waals surface area contributed by atoms with Crippen LogP contribution in [0.1, 0.15) is 0 Å². The van der Waals surface area contributed by atoms with E-state index in [1.165, 1.54) is 43.1 Å². The molecule has 10 aromatic carbocycles. The van der Waals surface area contributed by atoms with Gasteiger partial charge in [0.1, 0.15) is 0 Å². The van der Waals surface area contributed by atoms with Crippen molar-refractivity contribution in [1.82, 2.24) is 19.5 Å². The standard InChI is InChI=1S/C55H34N4/c1-3-16-36(17-4-1)53-56-54(37-18-5-2-6-19-37)58-55(57-53)49-34-46(43-28-27-35-15-7-8-20-38(35)29-43)52(45-26-14-13-25-44(45)49)59-50-32-41-23-11-9-21-39(41)30-47(50)48-31-40-22-10-12-24-42(40)33-51(48)59/h1-34H. The summed E-state index contributed by atoms with van der Waals surface area (Å²) in [4.78, 5) is 15.6. The van der Waals surface area contributed by atoms with E-state index in [9.17, 15) is 0 Å². The molecule has 0 fully saturated rings. The van der Waals surface area contributed by atoms with E-state index in [-0.39, 0.29) is 0 Å². The van der Waals surface area contributed by atoms with Crippen molar-refractivity contribution in [1.29, 1.82) is 0 Å². The molecular formula is C55H34N4. The third kappa shape index (κ3) is 5.49. The summed E-state index contributed by atoms with van der Waals surface area (Å²) in [6.45, 7) is 0. The van der Waals surface area contributed by atoms with Gasteiger partial charge in [0.05, 0.1) is 16.7 Å². The van der Waals surface area contributed by atoms with Gasteiger partial charge < -0.3 is 4.57 Å². The first-order valence-electron chi connectivity index (χ1n) is 20.0. The molecule has 0 bridgehead atoms. The minimum atomic E-state index is 0.627. The van der Waals surface area contributed by atoms with Gasteiger partial charge in [0.2, 0.25) is 0 Å². The summed E-state index contributed by atoms with van der Waals surface area (Å²) in [5.74, 6) is 1.90. The van der Waals surface area contributed by atoms with Crippen molar-refractivity contribution < 1.29 is 0 Å². The SMILES string of the molecule is c1ccc(-c2nc(-c3ccccc3)nc(-c3cc(-c4ccc5ccccc5c4)c(-n4c5cc6ccccc6cc5c5cc6ccccc6cc54)c4ccccc34)n2)cc1. The first kappa shape index (κ1) is 33.2. The van der Waals surface area contributed by atoms with E-state index in [1.54, 1.807) is 0 Å². The van der Waals surface area contributed by atoms with Crippen LogP contribution < -0.4 is 0 Å². The molecule has 2 heterocycles. The minimum Gasteiger partial charge on any atom is -0.308 e. The Balaban J connectivity index is 1.24. The van der Waals surface area contributed by atoms with Gasteiger partial charge in [0.25, 0.3) is 0 Å². The monoisotopic (exact) mass is 750 g/mol. The highest BCUT2D eigenvalue weighted by Crippen LogP contribution is 2.45. The fourth-order valence-electron chi connectivity index (χ4n) is 8.92. The van der Waals surface area contributed by atoms with Crippen molar-refractivity contribution in [3.63, 3.8) is 0 Å². The lowest BCUT2D eigenvalue weighted by molar-refractivity contribution is 1.08. The van der Waals surface area contributed by atoms with Crippen molar-refractivity contribution in [2.75, 3.05) is 0 Å². The topological polar surface area (TPSA) is 43.6 Å². The van der Waals surface area contributed by atoms with Gasteiger partial charge in [-0.3, -0.25) is 0 Å². The number of hydrogen-bond acceptors (Lipinski definition) is 3. The molecule has 0 saturated heterocycles. The lowest BCUT2D eigenvalue weighted by Gasteiger charge is -2.20. The highest BCUT2D eigenvalue weighted by atomic mass is 15.0. The maximum Gasteiger partial charge on any atom is 0.164 e. The zero-order valence-electron chi connectivity index (χ0n) is 31.9. The molecule has 2 aromatic heterocycles. The van der Waals surface area contributed by atoms with Crippen LogP contribution in [-0.2, 0) is 0 Å². The van der Waals surface area contributed by atoms with Gasteiger partial charge >= 0.3 is 0 Å². The van der Waals surface area contributed by atoms with Crippen LogP contribution in [0.4, 0.5) is 0 Å². The molecule has 4 nitrogen and oxygen atoms in total. The van der Waals surface area contributed by atoms with E-state index in [0.717, 1.165) is 55.3 Å². The van der Waals surface area contributed by atoms with E-state index in [1.807, 2.05) is 36.4 Å². The Bertz CT molecular complexity index is 3460. The number of benzene rings is 10. The van der Waals surface area contributed by atoms with Gasteiger partial charge in [-0.05, 0) is 79.7 Å². The maximum atomic E-state index is 5.27. The molecule has 0 aliphatic heterocycles. The lowest BCUT2D eigenvalue weighted by Crippen LogP contribution is -2.03. The summed E-state index contributed by atoms with van der Waals surface area (Å²) in [5.41, 5.74) is 8.46. The van der Waals surface area contributed by atoms with Crippen LogP contribution in [0, 0.1) is 0 Å². The van der Waals surface area contributed by atoms with E-state index < -0.39 is 0 Å². The molecule has 12 aromatic rings. The second kappa shape index (κ2) is 13.3. The van der Waals surface area contributed by atoms with Crippen LogP contribution in [0.15, 0.2) is 206 Å². The quantitative estimate of drug-likeness (QED) is 0.176. The molecule has 0 atom stereocenters. The molecule has 59 heavy (non-hydrogen) atoms. The van der Waals surface area contributed by atoms with Gasteiger partial charge in [-0.25, -0.2) is 15.0 Å². The lowest BCUT2D eigenvalue weighted by atomic mass is 9.92. The van der Waals surface area contributed by atoms with Crippen LogP contribution in [0.2, 0.25) is 0 Å². The Kier molecular flexibility index (Phi) is 7.50. The highest BCUT2D eigenvalue weighted by Gasteiger charge is 2.24. The number of fused-ring (bicyclic) bond motifs is 7. The zero-order chi connectivity index (χ0) is 38.9. The summed E-state index contributed by atoms with van der Waals surface area (Å²) < 4.78 is 2.51. The molecule has 0 aliphatic rings. The van der Waals surface area contributed by atoms with E-state index in [2.05, 4.69) is 174 Å². The van der Waals surface area contributed by atoms with Gasteiger partial charge in [-0.15, -0.1) is 0 Å². The fraction of sp³-hybridized carbons (Fsp3) is 0. The highest BCUT2D eigenvalue weighted by molar-refractivity contribution is 6.19. The van der Waals surface area contributed by atoms with E-state index >= 15 is 0 Å². The van der Waals surface area contributed by atoms with Crippen LogP contribution >= 0.6 is 0 Å². The van der Waals surface area contributed by atoms with Gasteiger partial charge in [0.15, 0.2) is 17.5 Å². The molecule has 0 amide bonds. The van der Waals surface area contributed by atoms with Gasteiger partial charge in [-0.1, -0.05) is 170 Å². The fourth-order valence-corrected chi connectivity index (χ4v) is 8.92. The Morgan fingerprint density at radius 3 is 1.27 bits per heavy atom. The molecule has 0 unspecified atom stereocenters. The predicted octanol–water partition coefficient (Wildman–Crippen LogP) is 14.2. The third-order valence-corrected chi connectivity index (χ3v) is 11.7. The van der Waals surface area contributed by atoms with Crippen molar-refractivity contribution in [3.05, 3.63) is 206 Å². The van der Waals surface area contributed by atoms with Crippen molar-refractivity contribution >= 4 is 64.9 Å². The minimum absolute atomic E-state index is 0.627. The number of hydrogen-bond donors (Lipinski definition) is 0. The normalized spacial score (nSPS) is 11.7. The predicted molar refractivity (Wildman–Crippen MR) is 246 cm³/mol. The molecule has 0 spiro atoms. The molecule has 274 valence electrons. The van der Waals surface area contributed by atoms with Crippen molar-refractivity contribution in [2.45, 2.75) is 0 Å². The largest absolute Gasteiger partial charge is 0.308 e. The third-order valence-electron chi connectivity index (χ3n) is 11.7. The van der Waals surface area contributed by atoms with E-state index in [0.29, 0.717) is 17.5 Å². The van der Waals surface area contributed by atoms with Crippen LogP contribution in [-0.4, -0.2) is 19.5 Å². The van der Waals surface area contributed by atoms with E-state index in [4.69, 9.17) is 15.0 Å². The molecule has 0 radical (unpaired) electrons. The summed E-state index contributed by atoms with van der Waals surface area (Å²) >= 11 is 0. The van der Waals surface area contributed by atoms with Crippen molar-refractivity contribution in [2.24, 2.45) is 0 Å². The average molecular weight is 751 g/mol. The number of aromatic nitrogens is 4. The second-order valence-electron chi connectivity index (χ2n) is 15.2. The molecule has 0 saturated carbocycles. The molecule has 12 rings (SSSR count). The summed E-state index contributed by atoms with van der Waals surface area (Å²) in [6, 6.07) is 73.7. The second-order valence-corrected chi connectivity index (χ2v) is 15.2. The maximum absolute atomic E-state index is 5.27. The van der Waals surface area contributed by atoms with Gasteiger partial charge in [-0.2, -0.15) is 0 Å². The first-order chi connectivity index (χ1) is 29.2. The molecule has 4 heteroatoms. The van der Waals surface area contributed by atoms with Crippen LogP contribution in [0.3, 0.4) is 0 Å². The van der Waals surface area contributed by atoms with Crippen molar-refractivity contribution in [3.8, 4) is 51.0 Å².